The molecule has 1 rings (SSSR count). The van der Waals surface area contributed by atoms with E-state index in [-0.39, 0.29) is 11.1 Å². The molecule has 1 unspecified atom stereocenters. The minimum atomic E-state index is -1.12. The fourth-order valence-corrected chi connectivity index (χ4v) is 1.93. The van der Waals surface area contributed by atoms with Gasteiger partial charge in [0.05, 0.1) is 17.7 Å². The van der Waals surface area contributed by atoms with E-state index in [0.29, 0.717) is 12.5 Å². The number of carbonyl (C=O) groups excluding carboxylic acids is 1. The Bertz CT molecular complexity index is 440. The van der Waals surface area contributed by atoms with Gasteiger partial charge in [0.1, 0.15) is 0 Å². The van der Waals surface area contributed by atoms with Gasteiger partial charge in [-0.05, 0) is 24.5 Å². The van der Waals surface area contributed by atoms with Crippen LogP contribution in [0.1, 0.15) is 53.8 Å². The van der Waals surface area contributed by atoms with Crippen molar-refractivity contribution in [2.24, 2.45) is 5.92 Å². The van der Waals surface area contributed by atoms with Crippen LogP contribution in [0.3, 0.4) is 0 Å². The van der Waals surface area contributed by atoms with Crippen LogP contribution in [0, 0.1) is 5.92 Å². The van der Waals surface area contributed by atoms with Crippen LogP contribution in [0.5, 0.6) is 0 Å². The molecule has 104 valence electrons. The summed E-state index contributed by atoms with van der Waals surface area (Å²) in [6.07, 6.45) is 2.99. The average molecular weight is 264 g/mol. The number of carboxylic acids is 1. The molecule has 4 heteroatoms. The smallest absolute Gasteiger partial charge is 0.339 e. The summed E-state index contributed by atoms with van der Waals surface area (Å²) in [5.74, 6) is -1.34. The molecule has 0 bridgehead atoms. The third-order valence-corrected chi connectivity index (χ3v) is 3.10. The molecule has 4 nitrogen and oxygen atoms in total. The summed E-state index contributed by atoms with van der Waals surface area (Å²) in [6.45, 7) is 4.49. The molecule has 0 saturated heterocycles. The van der Waals surface area contributed by atoms with Crippen LogP contribution in [0.25, 0.3) is 0 Å². The summed E-state index contributed by atoms with van der Waals surface area (Å²) in [4.78, 5) is 22.9. The summed E-state index contributed by atoms with van der Waals surface area (Å²) >= 11 is 0. The highest BCUT2D eigenvalue weighted by Gasteiger charge is 2.18. The van der Waals surface area contributed by atoms with Crippen molar-refractivity contribution in [3.63, 3.8) is 0 Å². The molecule has 0 aliphatic rings. The molecule has 0 fully saturated rings. The molecule has 0 aliphatic heterocycles. The van der Waals surface area contributed by atoms with E-state index in [1.165, 1.54) is 12.1 Å². The van der Waals surface area contributed by atoms with Crippen LogP contribution in [-0.2, 0) is 4.74 Å². The number of carboxylic acid groups (broad SMARTS) is 1. The van der Waals surface area contributed by atoms with Gasteiger partial charge in [0.15, 0.2) is 0 Å². The number of rotatable bonds is 7. The molecule has 1 atom stereocenters. The number of esters is 1. The van der Waals surface area contributed by atoms with E-state index in [1.54, 1.807) is 12.1 Å². The third kappa shape index (κ3) is 4.39. The first-order valence-corrected chi connectivity index (χ1v) is 6.59. The van der Waals surface area contributed by atoms with Crippen molar-refractivity contribution in [2.75, 3.05) is 6.61 Å². The molecule has 0 heterocycles. The van der Waals surface area contributed by atoms with Crippen LogP contribution in [0.2, 0.25) is 0 Å². The fourth-order valence-electron chi connectivity index (χ4n) is 1.93. The van der Waals surface area contributed by atoms with E-state index in [2.05, 4.69) is 13.8 Å². The Balaban J connectivity index is 2.71. The molecular weight excluding hydrogens is 244 g/mol. The van der Waals surface area contributed by atoms with Gasteiger partial charge in [0.2, 0.25) is 0 Å². The summed E-state index contributed by atoms with van der Waals surface area (Å²) < 4.78 is 5.22. The largest absolute Gasteiger partial charge is 0.478 e. The van der Waals surface area contributed by atoms with Gasteiger partial charge in [0, 0.05) is 0 Å². The third-order valence-electron chi connectivity index (χ3n) is 3.10. The SMILES string of the molecule is CCCC(CC)COC(=O)c1ccccc1C(=O)O. The molecule has 0 saturated carbocycles. The second-order valence-corrected chi connectivity index (χ2v) is 4.51. The van der Waals surface area contributed by atoms with Crippen molar-refractivity contribution < 1.29 is 19.4 Å². The standard InChI is InChI=1S/C15H20O4/c1-3-7-11(4-2)10-19-15(18)13-9-6-5-8-12(13)14(16)17/h5-6,8-9,11H,3-4,7,10H2,1-2H3,(H,16,17). The van der Waals surface area contributed by atoms with Gasteiger partial charge in [-0.15, -0.1) is 0 Å². The number of ether oxygens (including phenoxy) is 1. The lowest BCUT2D eigenvalue weighted by Gasteiger charge is -2.14. The molecule has 0 amide bonds. The normalized spacial score (nSPS) is 11.9. The van der Waals surface area contributed by atoms with Gasteiger partial charge in [0.25, 0.3) is 0 Å². The molecule has 1 N–H and O–H groups in total. The van der Waals surface area contributed by atoms with Crippen LogP contribution < -0.4 is 0 Å². The Morgan fingerprint density at radius 2 is 1.84 bits per heavy atom. The average Bonchev–Trinajstić information content (AvgIpc) is 2.43. The molecule has 0 spiro atoms. The maximum atomic E-state index is 11.9. The molecule has 0 radical (unpaired) electrons. The highest BCUT2D eigenvalue weighted by atomic mass is 16.5. The molecule has 1 aromatic carbocycles. The van der Waals surface area contributed by atoms with E-state index in [4.69, 9.17) is 9.84 Å². The number of hydrogen-bond acceptors (Lipinski definition) is 3. The Morgan fingerprint density at radius 3 is 2.37 bits per heavy atom. The van der Waals surface area contributed by atoms with E-state index in [9.17, 15) is 9.59 Å². The number of benzene rings is 1. The van der Waals surface area contributed by atoms with E-state index in [0.717, 1.165) is 19.3 Å². The van der Waals surface area contributed by atoms with Crippen molar-refractivity contribution in [3.8, 4) is 0 Å². The fraction of sp³-hybridized carbons (Fsp3) is 0.467. The Morgan fingerprint density at radius 1 is 1.21 bits per heavy atom. The summed E-state index contributed by atoms with van der Waals surface area (Å²) in [5.41, 5.74) is 0.0948. The lowest BCUT2D eigenvalue weighted by atomic mass is 10.0. The van der Waals surface area contributed by atoms with Crippen molar-refractivity contribution in [3.05, 3.63) is 35.4 Å². The molecule has 0 aliphatic carbocycles. The van der Waals surface area contributed by atoms with Crippen molar-refractivity contribution >= 4 is 11.9 Å². The van der Waals surface area contributed by atoms with Crippen LogP contribution in [-0.4, -0.2) is 23.7 Å². The maximum Gasteiger partial charge on any atom is 0.339 e. The lowest BCUT2D eigenvalue weighted by Crippen LogP contribution is -2.16. The lowest BCUT2D eigenvalue weighted by molar-refractivity contribution is 0.0421. The van der Waals surface area contributed by atoms with Gasteiger partial charge in [-0.25, -0.2) is 9.59 Å². The molecule has 0 aromatic heterocycles. The Hall–Kier alpha value is -1.84. The summed E-state index contributed by atoms with van der Waals surface area (Å²) in [7, 11) is 0. The van der Waals surface area contributed by atoms with Gasteiger partial charge in [-0.1, -0.05) is 38.8 Å². The van der Waals surface area contributed by atoms with Crippen LogP contribution in [0.15, 0.2) is 24.3 Å². The van der Waals surface area contributed by atoms with Gasteiger partial charge in [-0.3, -0.25) is 0 Å². The van der Waals surface area contributed by atoms with Gasteiger partial charge in [-0.2, -0.15) is 0 Å². The zero-order valence-corrected chi connectivity index (χ0v) is 11.4. The van der Waals surface area contributed by atoms with E-state index in [1.807, 2.05) is 0 Å². The zero-order valence-electron chi connectivity index (χ0n) is 11.4. The number of hydrogen-bond donors (Lipinski definition) is 1. The second kappa shape index (κ2) is 7.56. The first-order chi connectivity index (χ1) is 9.10. The van der Waals surface area contributed by atoms with Crippen molar-refractivity contribution in [1.82, 2.24) is 0 Å². The maximum absolute atomic E-state index is 11.9. The minimum absolute atomic E-state index is 0.0176. The summed E-state index contributed by atoms with van der Waals surface area (Å²) in [5, 5.41) is 9.01. The van der Waals surface area contributed by atoms with Crippen molar-refractivity contribution in [1.29, 1.82) is 0 Å². The summed E-state index contributed by atoms with van der Waals surface area (Å²) in [6, 6.07) is 6.10. The van der Waals surface area contributed by atoms with Gasteiger partial charge >= 0.3 is 11.9 Å². The quantitative estimate of drug-likeness (QED) is 0.767. The van der Waals surface area contributed by atoms with E-state index < -0.39 is 11.9 Å². The second-order valence-electron chi connectivity index (χ2n) is 4.51. The topological polar surface area (TPSA) is 63.6 Å². The predicted molar refractivity (Wildman–Crippen MR) is 72.4 cm³/mol. The first-order valence-electron chi connectivity index (χ1n) is 6.59. The monoisotopic (exact) mass is 264 g/mol. The molecule has 1 aromatic rings. The minimum Gasteiger partial charge on any atom is -0.478 e. The molecular formula is C15H20O4. The first kappa shape index (κ1) is 15.2. The van der Waals surface area contributed by atoms with Crippen molar-refractivity contribution in [2.45, 2.75) is 33.1 Å². The Kier molecular flexibility index (Phi) is 6.06. The van der Waals surface area contributed by atoms with Crippen LogP contribution in [0.4, 0.5) is 0 Å². The zero-order chi connectivity index (χ0) is 14.3. The molecule has 19 heavy (non-hydrogen) atoms. The highest BCUT2D eigenvalue weighted by molar-refractivity contribution is 6.02. The van der Waals surface area contributed by atoms with Gasteiger partial charge < -0.3 is 9.84 Å². The highest BCUT2D eigenvalue weighted by Crippen LogP contribution is 2.14. The number of aromatic carboxylic acids is 1. The Labute approximate surface area is 113 Å². The van der Waals surface area contributed by atoms with E-state index >= 15 is 0 Å². The number of carbonyl (C=O) groups is 2. The van der Waals surface area contributed by atoms with Crippen LogP contribution >= 0.6 is 0 Å². The predicted octanol–water partition coefficient (Wildman–Crippen LogP) is 3.37.